The van der Waals surface area contributed by atoms with Gasteiger partial charge < -0.3 is 9.30 Å². The summed E-state index contributed by atoms with van der Waals surface area (Å²) in [5.41, 5.74) is 5.34. The Balaban J connectivity index is 1.81. The molecule has 1 aliphatic rings. The summed E-state index contributed by atoms with van der Waals surface area (Å²) >= 11 is 6.43. The summed E-state index contributed by atoms with van der Waals surface area (Å²) in [4.78, 5) is 24.7. The maximum absolute atomic E-state index is 13.8. The minimum absolute atomic E-state index is 0.0393. The number of carbonyl (C=O) groups is 1. The van der Waals surface area contributed by atoms with E-state index in [4.69, 9.17) is 21.3 Å². The lowest BCUT2D eigenvalue weighted by atomic mass is 9.97. The van der Waals surface area contributed by atoms with Crippen LogP contribution in [0, 0.1) is 6.92 Å². The molecule has 1 atom stereocenters. The highest BCUT2D eigenvalue weighted by Crippen LogP contribution is 2.45. The van der Waals surface area contributed by atoms with Gasteiger partial charge in [0.2, 0.25) is 0 Å². The zero-order valence-electron chi connectivity index (χ0n) is 22.1. The predicted molar refractivity (Wildman–Crippen MR) is 154 cm³/mol. The molecule has 5 rings (SSSR count). The number of nitrogens with zero attached hydrogens (tertiary/aromatic N) is 4. The van der Waals surface area contributed by atoms with E-state index in [1.807, 2.05) is 73.7 Å². The summed E-state index contributed by atoms with van der Waals surface area (Å²) < 4.78 is 7.86. The van der Waals surface area contributed by atoms with Crippen molar-refractivity contribution in [3.8, 4) is 17.1 Å². The number of para-hydroxylation sites is 1. The lowest BCUT2D eigenvalue weighted by Gasteiger charge is -2.38. The van der Waals surface area contributed by atoms with E-state index in [2.05, 4.69) is 28.7 Å². The van der Waals surface area contributed by atoms with Crippen molar-refractivity contribution in [1.29, 1.82) is 0 Å². The number of aliphatic imine (C=N–C) groups is 1. The van der Waals surface area contributed by atoms with Gasteiger partial charge in [-0.2, -0.15) is 0 Å². The number of amides is 2. The van der Waals surface area contributed by atoms with Crippen molar-refractivity contribution in [2.75, 3.05) is 24.4 Å². The SMILES string of the molecule is C/N=C\c1ccc(C2c3c(nc(-c4ccccc4OC)n3C(C)C)NC(=O)N2c2cc(Cl)ccc2C)cc1. The fourth-order valence-electron chi connectivity index (χ4n) is 5.05. The number of benzene rings is 3. The number of urea groups is 1. The first-order chi connectivity index (χ1) is 18.3. The van der Waals surface area contributed by atoms with Gasteiger partial charge in [0.1, 0.15) is 17.6 Å². The lowest BCUT2D eigenvalue weighted by Crippen LogP contribution is -2.44. The molecule has 1 aliphatic heterocycles. The minimum atomic E-state index is -0.457. The van der Waals surface area contributed by atoms with E-state index < -0.39 is 6.04 Å². The lowest BCUT2D eigenvalue weighted by molar-refractivity contribution is 0.254. The first-order valence-electron chi connectivity index (χ1n) is 12.5. The average Bonchev–Trinajstić information content (AvgIpc) is 3.29. The molecule has 2 amide bonds. The Morgan fingerprint density at radius 2 is 1.84 bits per heavy atom. The third kappa shape index (κ3) is 4.43. The summed E-state index contributed by atoms with van der Waals surface area (Å²) in [6.07, 6.45) is 1.81. The Labute approximate surface area is 227 Å². The van der Waals surface area contributed by atoms with Crippen molar-refractivity contribution in [3.05, 3.63) is 94.1 Å². The molecule has 1 aromatic heterocycles. The second kappa shape index (κ2) is 10.3. The maximum Gasteiger partial charge on any atom is 0.328 e. The number of hydrogen-bond acceptors (Lipinski definition) is 4. The van der Waals surface area contributed by atoms with Crippen molar-refractivity contribution in [2.45, 2.75) is 32.9 Å². The Kier molecular flexibility index (Phi) is 6.95. The number of carbonyl (C=O) groups excluding carboxylic acids is 1. The van der Waals surface area contributed by atoms with Crippen molar-refractivity contribution >= 4 is 35.4 Å². The molecule has 0 bridgehead atoms. The number of hydrogen-bond donors (Lipinski definition) is 1. The van der Waals surface area contributed by atoms with Crippen molar-refractivity contribution in [3.63, 3.8) is 0 Å². The van der Waals surface area contributed by atoms with Crippen LogP contribution >= 0.6 is 11.6 Å². The quantitative estimate of drug-likeness (QED) is 0.267. The summed E-state index contributed by atoms with van der Waals surface area (Å²) in [7, 11) is 3.40. The normalized spacial score (nSPS) is 15.2. The largest absolute Gasteiger partial charge is 0.496 e. The van der Waals surface area contributed by atoms with E-state index in [0.717, 1.165) is 39.5 Å². The van der Waals surface area contributed by atoms with Crippen LogP contribution in [-0.2, 0) is 0 Å². The Morgan fingerprint density at radius 3 is 2.53 bits per heavy atom. The highest BCUT2D eigenvalue weighted by molar-refractivity contribution is 6.31. The molecule has 4 aromatic rings. The fraction of sp³-hybridized carbons (Fsp3) is 0.233. The molecule has 38 heavy (non-hydrogen) atoms. The van der Waals surface area contributed by atoms with Gasteiger partial charge in [0.05, 0.1) is 24.1 Å². The van der Waals surface area contributed by atoms with Crippen LogP contribution in [0.3, 0.4) is 0 Å². The molecular formula is C30H30ClN5O2. The molecule has 8 heteroatoms. The first-order valence-corrected chi connectivity index (χ1v) is 12.9. The highest BCUT2D eigenvalue weighted by atomic mass is 35.5. The van der Waals surface area contributed by atoms with Gasteiger partial charge in [-0.05, 0) is 61.7 Å². The van der Waals surface area contributed by atoms with Crippen LogP contribution in [0.2, 0.25) is 5.02 Å². The molecule has 1 N–H and O–H groups in total. The summed E-state index contributed by atoms with van der Waals surface area (Å²) in [5, 5.41) is 3.62. The molecule has 3 aromatic carbocycles. The van der Waals surface area contributed by atoms with Crippen LogP contribution in [-0.4, -0.2) is 36.0 Å². The topological polar surface area (TPSA) is 71.8 Å². The van der Waals surface area contributed by atoms with E-state index in [-0.39, 0.29) is 12.1 Å². The van der Waals surface area contributed by atoms with Crippen LogP contribution in [0.15, 0.2) is 71.7 Å². The van der Waals surface area contributed by atoms with Gasteiger partial charge in [0, 0.05) is 24.3 Å². The van der Waals surface area contributed by atoms with Gasteiger partial charge in [-0.25, -0.2) is 9.78 Å². The van der Waals surface area contributed by atoms with Crippen molar-refractivity contribution < 1.29 is 9.53 Å². The minimum Gasteiger partial charge on any atom is -0.496 e. The number of imidazole rings is 1. The van der Waals surface area contributed by atoms with Gasteiger partial charge in [0.15, 0.2) is 5.82 Å². The van der Waals surface area contributed by atoms with Crippen LogP contribution in [0.1, 0.15) is 48.3 Å². The number of aryl methyl sites for hydroxylation is 1. The number of aromatic nitrogens is 2. The second-order valence-electron chi connectivity index (χ2n) is 9.52. The summed E-state index contributed by atoms with van der Waals surface area (Å²) in [6.45, 7) is 6.21. The molecule has 0 aliphatic carbocycles. The zero-order valence-corrected chi connectivity index (χ0v) is 22.8. The van der Waals surface area contributed by atoms with E-state index in [0.29, 0.717) is 16.6 Å². The van der Waals surface area contributed by atoms with Crippen molar-refractivity contribution in [2.24, 2.45) is 4.99 Å². The number of nitrogens with one attached hydrogen (secondary N) is 1. The maximum atomic E-state index is 13.8. The van der Waals surface area contributed by atoms with Gasteiger partial charge >= 0.3 is 6.03 Å². The average molecular weight is 528 g/mol. The predicted octanol–water partition coefficient (Wildman–Crippen LogP) is 7.29. The number of halogens is 1. The third-order valence-electron chi connectivity index (χ3n) is 6.73. The van der Waals surface area contributed by atoms with Crippen LogP contribution in [0.4, 0.5) is 16.3 Å². The number of anilines is 2. The van der Waals surface area contributed by atoms with Crippen molar-refractivity contribution in [1.82, 2.24) is 9.55 Å². The van der Waals surface area contributed by atoms with Crippen LogP contribution in [0.5, 0.6) is 5.75 Å². The molecule has 0 radical (unpaired) electrons. The van der Waals surface area contributed by atoms with Gasteiger partial charge in [-0.1, -0.05) is 54.1 Å². The van der Waals surface area contributed by atoms with Crippen LogP contribution in [0.25, 0.3) is 11.4 Å². The highest BCUT2D eigenvalue weighted by Gasteiger charge is 2.41. The van der Waals surface area contributed by atoms with E-state index in [1.54, 1.807) is 25.3 Å². The molecule has 1 unspecified atom stereocenters. The summed E-state index contributed by atoms with van der Waals surface area (Å²) in [5.74, 6) is 1.97. The molecule has 0 spiro atoms. The molecule has 2 heterocycles. The van der Waals surface area contributed by atoms with E-state index in [9.17, 15) is 4.79 Å². The number of methoxy groups -OCH3 is 1. The second-order valence-corrected chi connectivity index (χ2v) is 9.96. The molecular weight excluding hydrogens is 498 g/mol. The zero-order chi connectivity index (χ0) is 27.0. The standard InChI is InChI=1S/C30H30ClN5O2/c1-18(2)35-27-26(21-13-11-20(12-14-21)17-32-4)36(24-16-22(31)15-10-19(24)3)30(37)34-28(27)33-29(35)23-8-6-7-9-25(23)38-5/h6-18,26H,1-5H3,(H,34,37)/b32-17-. The van der Waals surface area contributed by atoms with E-state index >= 15 is 0 Å². The fourth-order valence-corrected chi connectivity index (χ4v) is 5.22. The molecule has 0 saturated carbocycles. The monoisotopic (exact) mass is 527 g/mol. The number of fused-ring (bicyclic) bond motifs is 1. The number of ether oxygens (including phenoxy) is 1. The Bertz CT molecular complexity index is 1520. The van der Waals surface area contributed by atoms with Gasteiger partial charge in [-0.15, -0.1) is 0 Å². The number of rotatable bonds is 6. The Morgan fingerprint density at radius 1 is 1.11 bits per heavy atom. The third-order valence-corrected chi connectivity index (χ3v) is 6.97. The first kappa shape index (κ1) is 25.5. The van der Waals surface area contributed by atoms with Gasteiger partial charge in [-0.3, -0.25) is 15.2 Å². The molecule has 7 nitrogen and oxygen atoms in total. The molecule has 0 fully saturated rings. The molecule has 0 saturated heterocycles. The Hall–Kier alpha value is -4.10. The van der Waals surface area contributed by atoms with E-state index in [1.165, 1.54) is 0 Å². The molecule has 194 valence electrons. The summed E-state index contributed by atoms with van der Waals surface area (Å²) in [6, 6.07) is 20.8. The van der Waals surface area contributed by atoms with Crippen LogP contribution < -0.4 is 15.0 Å². The smallest absolute Gasteiger partial charge is 0.328 e. The van der Waals surface area contributed by atoms with Gasteiger partial charge in [0.25, 0.3) is 0 Å².